The fourth-order valence-corrected chi connectivity index (χ4v) is 4.02. The fourth-order valence-electron chi connectivity index (χ4n) is 2.20. The van der Waals surface area contributed by atoms with Gasteiger partial charge in [-0.05, 0) is 32.9 Å². The Labute approximate surface area is 127 Å². The van der Waals surface area contributed by atoms with Crippen LogP contribution in [-0.4, -0.2) is 13.6 Å². The van der Waals surface area contributed by atoms with Crippen LogP contribution < -0.4 is 4.72 Å². The van der Waals surface area contributed by atoms with E-state index in [1.54, 1.807) is 20.8 Å². The zero-order valence-corrected chi connectivity index (χ0v) is 13.2. The molecule has 0 amide bonds. The van der Waals surface area contributed by atoms with Crippen LogP contribution in [0.5, 0.6) is 0 Å². The molecule has 0 aliphatic heterocycles. The number of sulfonamides is 1. The third-order valence-electron chi connectivity index (χ3n) is 3.04. The lowest BCUT2D eigenvalue weighted by Gasteiger charge is -2.15. The second kappa shape index (κ2) is 5.75. The van der Waals surface area contributed by atoms with Crippen LogP contribution in [0.1, 0.15) is 30.0 Å². The maximum Gasteiger partial charge on any atom is 0.245 e. The average Bonchev–Trinajstić information content (AvgIpc) is 2.67. The third kappa shape index (κ3) is 3.09. The van der Waals surface area contributed by atoms with Gasteiger partial charge < -0.3 is 4.52 Å². The molecule has 21 heavy (non-hydrogen) atoms. The summed E-state index contributed by atoms with van der Waals surface area (Å²) in [4.78, 5) is -0.565. The fraction of sp³-hybridized carbons (Fsp3) is 0.308. The van der Waals surface area contributed by atoms with Crippen LogP contribution in [0.25, 0.3) is 0 Å². The zero-order chi connectivity index (χ0) is 15.8. The van der Waals surface area contributed by atoms with Crippen molar-refractivity contribution in [2.75, 3.05) is 0 Å². The van der Waals surface area contributed by atoms with E-state index in [1.807, 2.05) is 0 Å². The Balaban J connectivity index is 2.39. The van der Waals surface area contributed by atoms with Crippen molar-refractivity contribution in [2.24, 2.45) is 0 Å². The van der Waals surface area contributed by atoms with Gasteiger partial charge in [0.05, 0.1) is 10.7 Å². The molecule has 114 valence electrons. The van der Waals surface area contributed by atoms with Crippen molar-refractivity contribution in [3.8, 4) is 0 Å². The SMILES string of the molecule is Cc1noc(C)c1[C@@H](C)NS(=O)(=O)c1c(F)cccc1Cl. The van der Waals surface area contributed by atoms with Crippen molar-refractivity contribution in [3.63, 3.8) is 0 Å². The van der Waals surface area contributed by atoms with Crippen LogP contribution in [0.4, 0.5) is 4.39 Å². The maximum atomic E-state index is 13.8. The monoisotopic (exact) mass is 332 g/mol. The van der Waals surface area contributed by atoms with Gasteiger partial charge in [-0.25, -0.2) is 17.5 Å². The molecule has 0 fully saturated rings. The van der Waals surface area contributed by atoms with Crippen molar-refractivity contribution < 1.29 is 17.3 Å². The summed E-state index contributed by atoms with van der Waals surface area (Å²) in [6.45, 7) is 5.00. The summed E-state index contributed by atoms with van der Waals surface area (Å²) in [5.74, 6) is -0.400. The minimum Gasteiger partial charge on any atom is -0.361 e. The van der Waals surface area contributed by atoms with E-state index in [9.17, 15) is 12.8 Å². The van der Waals surface area contributed by atoms with Crippen LogP contribution in [0.3, 0.4) is 0 Å². The Morgan fingerprint density at radius 1 is 1.38 bits per heavy atom. The van der Waals surface area contributed by atoms with Crippen LogP contribution in [-0.2, 0) is 10.0 Å². The van der Waals surface area contributed by atoms with Crippen LogP contribution in [0, 0.1) is 19.7 Å². The molecule has 1 heterocycles. The minimum absolute atomic E-state index is 0.173. The average molecular weight is 333 g/mol. The van der Waals surface area contributed by atoms with Crippen molar-refractivity contribution in [1.29, 1.82) is 0 Å². The molecule has 2 aromatic rings. The Morgan fingerprint density at radius 3 is 2.57 bits per heavy atom. The van der Waals surface area contributed by atoms with Crippen molar-refractivity contribution in [1.82, 2.24) is 9.88 Å². The number of aromatic nitrogens is 1. The lowest BCUT2D eigenvalue weighted by Crippen LogP contribution is -2.28. The molecule has 1 N–H and O–H groups in total. The van der Waals surface area contributed by atoms with Gasteiger partial charge in [0.1, 0.15) is 16.5 Å². The molecular formula is C13H14ClFN2O3S. The molecule has 1 aromatic heterocycles. The van der Waals surface area contributed by atoms with Crippen molar-refractivity contribution in [3.05, 3.63) is 46.1 Å². The first kappa shape index (κ1) is 15.9. The molecule has 1 aromatic carbocycles. The highest BCUT2D eigenvalue weighted by Gasteiger charge is 2.27. The molecule has 8 heteroatoms. The number of halogens is 2. The van der Waals surface area contributed by atoms with E-state index >= 15 is 0 Å². The molecule has 5 nitrogen and oxygen atoms in total. The van der Waals surface area contributed by atoms with E-state index in [1.165, 1.54) is 12.1 Å². The summed E-state index contributed by atoms with van der Waals surface area (Å²) < 4.78 is 45.8. The number of rotatable bonds is 4. The van der Waals surface area contributed by atoms with Gasteiger partial charge in [0.25, 0.3) is 0 Å². The molecule has 0 saturated carbocycles. The minimum atomic E-state index is -4.11. The Hall–Kier alpha value is -1.44. The highest BCUT2D eigenvalue weighted by Crippen LogP contribution is 2.27. The highest BCUT2D eigenvalue weighted by atomic mass is 35.5. The van der Waals surface area contributed by atoms with Gasteiger partial charge in [-0.3, -0.25) is 0 Å². The number of hydrogen-bond donors (Lipinski definition) is 1. The number of aryl methyl sites for hydroxylation is 2. The van der Waals surface area contributed by atoms with E-state index < -0.39 is 26.8 Å². The normalized spacial score (nSPS) is 13.4. The summed E-state index contributed by atoms with van der Waals surface area (Å²) >= 11 is 5.79. The number of nitrogens with zero attached hydrogens (tertiary/aromatic N) is 1. The predicted octanol–water partition coefficient (Wildman–Crippen LogP) is 3.12. The highest BCUT2D eigenvalue weighted by molar-refractivity contribution is 7.89. The first-order valence-electron chi connectivity index (χ1n) is 6.13. The second-order valence-corrected chi connectivity index (χ2v) is 6.69. The first-order valence-corrected chi connectivity index (χ1v) is 7.99. The van der Waals surface area contributed by atoms with E-state index in [0.717, 1.165) is 6.07 Å². The predicted molar refractivity (Wildman–Crippen MR) is 76.1 cm³/mol. The van der Waals surface area contributed by atoms with Gasteiger partial charge in [-0.15, -0.1) is 0 Å². The van der Waals surface area contributed by atoms with Gasteiger partial charge in [0.15, 0.2) is 0 Å². The third-order valence-corrected chi connectivity index (χ3v) is 5.08. The maximum absolute atomic E-state index is 13.8. The number of nitrogens with one attached hydrogen (secondary N) is 1. The lowest BCUT2D eigenvalue weighted by atomic mass is 10.1. The molecule has 0 bridgehead atoms. The van der Waals surface area contributed by atoms with Crippen LogP contribution >= 0.6 is 11.6 Å². The molecule has 1 atom stereocenters. The van der Waals surface area contributed by atoms with Gasteiger partial charge in [-0.1, -0.05) is 22.8 Å². The van der Waals surface area contributed by atoms with Gasteiger partial charge >= 0.3 is 0 Å². The quantitative estimate of drug-likeness (QED) is 0.933. The molecule has 0 aliphatic carbocycles. The molecule has 0 saturated heterocycles. The van der Waals surface area contributed by atoms with Gasteiger partial charge in [-0.2, -0.15) is 0 Å². The summed E-state index contributed by atoms with van der Waals surface area (Å²) in [6.07, 6.45) is 0. The van der Waals surface area contributed by atoms with Crippen molar-refractivity contribution >= 4 is 21.6 Å². The van der Waals surface area contributed by atoms with Crippen LogP contribution in [0.2, 0.25) is 5.02 Å². The zero-order valence-electron chi connectivity index (χ0n) is 11.6. The Morgan fingerprint density at radius 2 is 2.05 bits per heavy atom. The lowest BCUT2D eigenvalue weighted by molar-refractivity contribution is 0.391. The van der Waals surface area contributed by atoms with Gasteiger partial charge in [0.2, 0.25) is 10.0 Å². The smallest absolute Gasteiger partial charge is 0.245 e. The van der Waals surface area contributed by atoms with E-state index in [4.69, 9.17) is 16.1 Å². The van der Waals surface area contributed by atoms with E-state index in [2.05, 4.69) is 9.88 Å². The molecule has 0 aliphatic rings. The Kier molecular flexibility index (Phi) is 4.36. The number of benzene rings is 1. The largest absolute Gasteiger partial charge is 0.361 e. The number of hydrogen-bond acceptors (Lipinski definition) is 4. The topological polar surface area (TPSA) is 72.2 Å². The molecular weight excluding hydrogens is 319 g/mol. The molecule has 0 radical (unpaired) electrons. The van der Waals surface area contributed by atoms with Crippen LogP contribution in [0.15, 0.2) is 27.6 Å². The molecule has 0 spiro atoms. The summed E-state index contributed by atoms with van der Waals surface area (Å²) in [5.41, 5.74) is 1.19. The van der Waals surface area contributed by atoms with Gasteiger partial charge in [0, 0.05) is 11.6 Å². The molecule has 0 unspecified atom stereocenters. The summed E-state index contributed by atoms with van der Waals surface area (Å²) in [7, 11) is -4.11. The van der Waals surface area contributed by atoms with E-state index in [-0.39, 0.29) is 5.02 Å². The summed E-state index contributed by atoms with van der Waals surface area (Å²) in [6, 6.07) is 3.08. The standard InChI is InChI=1S/C13H14ClFN2O3S/c1-7-12(9(3)20-16-7)8(2)17-21(18,19)13-10(14)5-4-6-11(13)15/h4-6,8,17H,1-3H3/t8-/m1/s1. The van der Waals surface area contributed by atoms with E-state index in [0.29, 0.717) is 17.0 Å². The Bertz CT molecular complexity index is 734. The van der Waals surface area contributed by atoms with Crippen molar-refractivity contribution in [2.45, 2.75) is 31.7 Å². The molecule has 2 rings (SSSR count). The second-order valence-electron chi connectivity index (χ2n) is 4.63. The summed E-state index contributed by atoms with van der Waals surface area (Å²) in [5, 5.41) is 3.59. The first-order chi connectivity index (χ1) is 9.74.